The molecule has 88 valence electrons. The van der Waals surface area contributed by atoms with Crippen molar-refractivity contribution in [2.75, 3.05) is 18.0 Å². The van der Waals surface area contributed by atoms with Gasteiger partial charge in [-0.25, -0.2) is 4.98 Å². The Labute approximate surface area is 104 Å². The largest absolute Gasteiger partial charge is 0.393 e. The predicted octanol–water partition coefficient (Wildman–Crippen LogP) is 1.99. The topological polar surface area (TPSA) is 49.2 Å². The van der Waals surface area contributed by atoms with Crippen molar-refractivity contribution in [1.29, 1.82) is 0 Å². The monoisotopic (exact) mass is 261 g/mol. The van der Waals surface area contributed by atoms with E-state index in [0.29, 0.717) is 10.8 Å². The SMILES string of the molecule is CC1CN(c2nc(Cl)ncc2Cl)CCC1O. The number of aliphatic hydroxyl groups is 1. The van der Waals surface area contributed by atoms with Crippen LogP contribution in [0.15, 0.2) is 6.20 Å². The molecule has 0 spiro atoms. The molecule has 2 rings (SSSR count). The van der Waals surface area contributed by atoms with Gasteiger partial charge in [0.2, 0.25) is 5.28 Å². The van der Waals surface area contributed by atoms with E-state index in [1.165, 1.54) is 6.20 Å². The Morgan fingerprint density at radius 1 is 1.50 bits per heavy atom. The molecule has 1 aliphatic rings. The van der Waals surface area contributed by atoms with Crippen molar-refractivity contribution < 1.29 is 5.11 Å². The van der Waals surface area contributed by atoms with E-state index in [0.717, 1.165) is 19.5 Å². The molecule has 0 bridgehead atoms. The summed E-state index contributed by atoms with van der Waals surface area (Å²) < 4.78 is 0. The van der Waals surface area contributed by atoms with Gasteiger partial charge >= 0.3 is 0 Å². The molecule has 1 aromatic rings. The third-order valence-corrected chi connectivity index (χ3v) is 3.30. The molecule has 4 nitrogen and oxygen atoms in total. The maximum absolute atomic E-state index is 9.65. The normalized spacial score (nSPS) is 25.9. The highest BCUT2D eigenvalue weighted by Crippen LogP contribution is 2.28. The van der Waals surface area contributed by atoms with Crippen molar-refractivity contribution in [2.24, 2.45) is 5.92 Å². The van der Waals surface area contributed by atoms with Crippen LogP contribution < -0.4 is 4.90 Å². The Morgan fingerprint density at radius 3 is 2.94 bits per heavy atom. The van der Waals surface area contributed by atoms with E-state index in [1.54, 1.807) is 0 Å². The number of hydrogen-bond acceptors (Lipinski definition) is 4. The fourth-order valence-corrected chi connectivity index (χ4v) is 2.22. The molecular weight excluding hydrogens is 249 g/mol. The van der Waals surface area contributed by atoms with Crippen LogP contribution in [0.1, 0.15) is 13.3 Å². The lowest BCUT2D eigenvalue weighted by molar-refractivity contribution is 0.0969. The molecule has 1 N–H and O–H groups in total. The first-order chi connectivity index (χ1) is 7.58. The molecule has 6 heteroatoms. The molecule has 0 amide bonds. The van der Waals surface area contributed by atoms with Gasteiger partial charge in [-0.3, -0.25) is 0 Å². The number of halogens is 2. The van der Waals surface area contributed by atoms with Gasteiger partial charge in [-0.1, -0.05) is 18.5 Å². The van der Waals surface area contributed by atoms with E-state index < -0.39 is 0 Å². The van der Waals surface area contributed by atoms with E-state index in [4.69, 9.17) is 23.2 Å². The second-order valence-corrected chi connectivity index (χ2v) is 4.84. The molecule has 1 aliphatic heterocycles. The quantitative estimate of drug-likeness (QED) is 0.786. The van der Waals surface area contributed by atoms with Crippen LogP contribution in [0, 0.1) is 5.92 Å². The number of rotatable bonds is 1. The highest BCUT2D eigenvalue weighted by Gasteiger charge is 2.26. The van der Waals surface area contributed by atoms with Crippen LogP contribution in [-0.4, -0.2) is 34.3 Å². The molecule has 0 aromatic carbocycles. The second kappa shape index (κ2) is 4.73. The van der Waals surface area contributed by atoms with Crippen LogP contribution in [0.2, 0.25) is 10.3 Å². The summed E-state index contributed by atoms with van der Waals surface area (Å²) in [6.45, 7) is 3.47. The summed E-state index contributed by atoms with van der Waals surface area (Å²) in [5.41, 5.74) is 0. The summed E-state index contributed by atoms with van der Waals surface area (Å²) in [5.74, 6) is 0.860. The summed E-state index contributed by atoms with van der Waals surface area (Å²) in [6.07, 6.45) is 1.98. The number of piperidine rings is 1. The number of aliphatic hydroxyl groups excluding tert-OH is 1. The zero-order valence-electron chi connectivity index (χ0n) is 8.90. The fourth-order valence-electron chi connectivity index (χ4n) is 1.88. The lowest BCUT2D eigenvalue weighted by Gasteiger charge is -2.35. The number of hydrogen-bond donors (Lipinski definition) is 1. The minimum absolute atomic E-state index is 0.193. The highest BCUT2D eigenvalue weighted by molar-refractivity contribution is 6.33. The van der Waals surface area contributed by atoms with E-state index in [-0.39, 0.29) is 17.3 Å². The van der Waals surface area contributed by atoms with Crippen molar-refractivity contribution in [3.05, 3.63) is 16.5 Å². The summed E-state index contributed by atoms with van der Waals surface area (Å²) in [7, 11) is 0. The van der Waals surface area contributed by atoms with Gasteiger partial charge in [0.15, 0.2) is 5.82 Å². The van der Waals surface area contributed by atoms with Crippen molar-refractivity contribution in [3.8, 4) is 0 Å². The Morgan fingerprint density at radius 2 is 2.25 bits per heavy atom. The highest BCUT2D eigenvalue weighted by atomic mass is 35.5. The maximum Gasteiger partial charge on any atom is 0.224 e. The van der Waals surface area contributed by atoms with Crippen molar-refractivity contribution in [2.45, 2.75) is 19.4 Å². The third-order valence-electron chi connectivity index (χ3n) is 2.86. The zero-order chi connectivity index (χ0) is 11.7. The van der Waals surface area contributed by atoms with Crippen LogP contribution in [0.5, 0.6) is 0 Å². The number of anilines is 1. The molecule has 0 radical (unpaired) electrons. The van der Waals surface area contributed by atoms with Crippen LogP contribution in [-0.2, 0) is 0 Å². The molecular formula is C10H13Cl2N3O. The van der Waals surface area contributed by atoms with Gasteiger partial charge in [0, 0.05) is 13.1 Å². The summed E-state index contributed by atoms with van der Waals surface area (Å²) in [6, 6.07) is 0. The van der Waals surface area contributed by atoms with Gasteiger partial charge in [-0.2, -0.15) is 4.98 Å². The van der Waals surface area contributed by atoms with Crippen LogP contribution in [0.3, 0.4) is 0 Å². The molecule has 16 heavy (non-hydrogen) atoms. The zero-order valence-corrected chi connectivity index (χ0v) is 10.4. The first-order valence-electron chi connectivity index (χ1n) is 5.19. The molecule has 1 fully saturated rings. The maximum atomic E-state index is 9.65. The van der Waals surface area contributed by atoms with Gasteiger partial charge < -0.3 is 10.0 Å². The van der Waals surface area contributed by atoms with Crippen LogP contribution in [0.4, 0.5) is 5.82 Å². The molecule has 0 saturated carbocycles. The minimum Gasteiger partial charge on any atom is -0.393 e. The average molecular weight is 262 g/mol. The number of nitrogens with zero attached hydrogens (tertiary/aromatic N) is 3. The summed E-state index contributed by atoms with van der Waals surface area (Å²) >= 11 is 11.8. The standard InChI is InChI=1S/C10H13Cl2N3O/c1-6-5-15(3-2-8(6)16)9-7(11)4-13-10(12)14-9/h4,6,8,16H,2-3,5H2,1H3. The fraction of sp³-hybridized carbons (Fsp3) is 0.600. The Kier molecular flexibility index (Phi) is 3.52. The third kappa shape index (κ3) is 2.39. The van der Waals surface area contributed by atoms with Crippen molar-refractivity contribution >= 4 is 29.0 Å². The van der Waals surface area contributed by atoms with Gasteiger partial charge in [0.25, 0.3) is 0 Å². The average Bonchev–Trinajstić information content (AvgIpc) is 2.26. The van der Waals surface area contributed by atoms with Gasteiger partial charge in [0.05, 0.1) is 12.3 Å². The smallest absolute Gasteiger partial charge is 0.224 e. The molecule has 0 aliphatic carbocycles. The Balaban J connectivity index is 2.21. The lowest BCUT2D eigenvalue weighted by atomic mass is 9.97. The summed E-state index contributed by atoms with van der Waals surface area (Å²) in [4.78, 5) is 9.97. The molecule has 1 aromatic heterocycles. The lowest BCUT2D eigenvalue weighted by Crippen LogP contribution is -2.42. The predicted molar refractivity (Wildman–Crippen MR) is 64.1 cm³/mol. The Hall–Kier alpha value is -0.580. The van der Waals surface area contributed by atoms with Crippen LogP contribution >= 0.6 is 23.2 Å². The van der Waals surface area contributed by atoms with Crippen molar-refractivity contribution in [1.82, 2.24) is 9.97 Å². The van der Waals surface area contributed by atoms with E-state index in [2.05, 4.69) is 9.97 Å². The van der Waals surface area contributed by atoms with E-state index in [1.807, 2.05) is 11.8 Å². The first kappa shape index (κ1) is 11.9. The van der Waals surface area contributed by atoms with E-state index in [9.17, 15) is 5.11 Å². The Bertz CT molecular complexity index is 388. The minimum atomic E-state index is -0.243. The summed E-state index contributed by atoms with van der Waals surface area (Å²) in [5, 5.41) is 10.3. The molecule has 2 heterocycles. The van der Waals surface area contributed by atoms with Crippen LogP contribution in [0.25, 0.3) is 0 Å². The second-order valence-electron chi connectivity index (χ2n) is 4.09. The molecule has 1 saturated heterocycles. The number of aromatic nitrogens is 2. The molecule has 2 atom stereocenters. The first-order valence-corrected chi connectivity index (χ1v) is 5.94. The van der Waals surface area contributed by atoms with Gasteiger partial charge in [0.1, 0.15) is 5.02 Å². The van der Waals surface area contributed by atoms with Gasteiger partial charge in [-0.05, 0) is 23.9 Å². The van der Waals surface area contributed by atoms with Gasteiger partial charge in [-0.15, -0.1) is 0 Å². The van der Waals surface area contributed by atoms with E-state index >= 15 is 0 Å². The molecule has 2 unspecified atom stereocenters. The van der Waals surface area contributed by atoms with Crippen molar-refractivity contribution in [3.63, 3.8) is 0 Å².